The maximum atomic E-state index is 10.5. The largest absolute Gasteiger partial charge is 0.497 e. The van der Waals surface area contributed by atoms with Crippen LogP contribution in [0.2, 0.25) is 0 Å². The maximum Gasteiger partial charge on any atom is 0.227 e. The Morgan fingerprint density at radius 2 is 1.71 bits per heavy atom. The zero-order chi connectivity index (χ0) is 25.2. The summed E-state index contributed by atoms with van der Waals surface area (Å²) in [6.45, 7) is 11.3. The molecule has 1 N–H and O–H groups in total. The van der Waals surface area contributed by atoms with E-state index in [9.17, 15) is 5.11 Å². The van der Waals surface area contributed by atoms with Crippen LogP contribution in [-0.4, -0.2) is 59.3 Å². The van der Waals surface area contributed by atoms with E-state index in [4.69, 9.17) is 19.3 Å². The molecule has 0 aliphatic rings. The van der Waals surface area contributed by atoms with Gasteiger partial charge < -0.3 is 19.3 Å². The Balaban J connectivity index is 2.04. The van der Waals surface area contributed by atoms with E-state index in [1.54, 1.807) is 7.11 Å². The molecule has 0 bridgehead atoms. The quantitative estimate of drug-likeness (QED) is 0.332. The molecule has 2 aromatic carbocycles. The summed E-state index contributed by atoms with van der Waals surface area (Å²) < 4.78 is 19.1. The summed E-state index contributed by atoms with van der Waals surface area (Å²) >= 11 is 0. The van der Waals surface area contributed by atoms with Crippen LogP contribution in [0.3, 0.4) is 0 Å². The zero-order valence-electron chi connectivity index (χ0n) is 21.6. The molecule has 7 heteroatoms. The van der Waals surface area contributed by atoms with E-state index in [-0.39, 0.29) is 5.92 Å². The second kappa shape index (κ2) is 13.3. The van der Waals surface area contributed by atoms with Crippen LogP contribution < -0.4 is 9.47 Å². The van der Waals surface area contributed by atoms with Crippen LogP contribution in [0.4, 0.5) is 0 Å². The summed E-state index contributed by atoms with van der Waals surface area (Å²) in [5.74, 6) is 2.41. The topological polar surface area (TPSA) is 69.0 Å². The first-order valence-corrected chi connectivity index (χ1v) is 12.4. The molecule has 1 heterocycles. The van der Waals surface area contributed by atoms with Gasteiger partial charge in [-0.2, -0.15) is 5.10 Å². The summed E-state index contributed by atoms with van der Waals surface area (Å²) in [6.07, 6.45) is 0.416. The number of hydrogen-bond acceptors (Lipinski definition) is 6. The first kappa shape index (κ1) is 26.7. The highest BCUT2D eigenvalue weighted by Gasteiger charge is 2.25. The average molecular weight is 482 g/mol. The van der Waals surface area contributed by atoms with Crippen molar-refractivity contribution in [1.29, 1.82) is 0 Å². The lowest BCUT2D eigenvalue weighted by molar-refractivity contribution is 0.0194. The SMILES string of the molecule is CCCN(Cc1c(C(C)C)nn(-c2ccc(OC)cc2)c1Oc1ccccc1)C[C@@H](O)COCC. The van der Waals surface area contributed by atoms with Gasteiger partial charge in [-0.3, -0.25) is 4.90 Å². The van der Waals surface area contributed by atoms with Gasteiger partial charge in [0.1, 0.15) is 11.5 Å². The third kappa shape index (κ3) is 7.31. The fourth-order valence-corrected chi connectivity index (χ4v) is 4.05. The summed E-state index contributed by atoms with van der Waals surface area (Å²) in [7, 11) is 1.66. The van der Waals surface area contributed by atoms with Crippen molar-refractivity contribution in [2.75, 3.05) is 33.4 Å². The van der Waals surface area contributed by atoms with E-state index in [1.165, 1.54) is 0 Å². The molecule has 3 rings (SSSR count). The monoisotopic (exact) mass is 481 g/mol. The molecule has 0 fully saturated rings. The van der Waals surface area contributed by atoms with Crippen LogP contribution in [0.15, 0.2) is 54.6 Å². The van der Waals surface area contributed by atoms with Crippen LogP contribution in [0.25, 0.3) is 5.69 Å². The van der Waals surface area contributed by atoms with Crippen molar-refractivity contribution in [3.8, 4) is 23.1 Å². The molecule has 0 saturated heterocycles. The molecule has 7 nitrogen and oxygen atoms in total. The second-order valence-corrected chi connectivity index (χ2v) is 8.90. The van der Waals surface area contributed by atoms with Crippen LogP contribution >= 0.6 is 0 Å². The highest BCUT2D eigenvalue weighted by atomic mass is 16.5. The van der Waals surface area contributed by atoms with Gasteiger partial charge in [-0.25, -0.2) is 4.68 Å². The highest BCUT2D eigenvalue weighted by molar-refractivity contribution is 5.46. The molecule has 190 valence electrons. The van der Waals surface area contributed by atoms with Crippen LogP contribution in [0.1, 0.15) is 51.3 Å². The van der Waals surface area contributed by atoms with Gasteiger partial charge in [0.2, 0.25) is 5.88 Å². The van der Waals surface area contributed by atoms with Crippen LogP contribution in [0.5, 0.6) is 17.4 Å². The first-order valence-electron chi connectivity index (χ1n) is 12.4. The fraction of sp³-hybridized carbons (Fsp3) is 0.464. The van der Waals surface area contributed by atoms with Crippen LogP contribution in [0, 0.1) is 0 Å². The number of para-hydroxylation sites is 1. The Morgan fingerprint density at radius 3 is 2.31 bits per heavy atom. The highest BCUT2D eigenvalue weighted by Crippen LogP contribution is 2.35. The fourth-order valence-electron chi connectivity index (χ4n) is 4.05. The second-order valence-electron chi connectivity index (χ2n) is 8.90. The standard InChI is InChI=1S/C28H39N3O4/c1-6-17-30(18-23(32)20-34-7-2)19-26-27(21(3)4)29-31(22-13-15-24(33-5)16-14-22)28(26)35-25-11-9-8-10-12-25/h8-16,21,23,32H,6-7,17-20H2,1-5H3/t23-/m1/s1. The third-order valence-corrected chi connectivity index (χ3v) is 5.69. The molecule has 3 aromatic rings. The minimum absolute atomic E-state index is 0.194. The van der Waals surface area contributed by atoms with Crippen molar-refractivity contribution in [1.82, 2.24) is 14.7 Å². The van der Waals surface area contributed by atoms with Gasteiger partial charge in [0, 0.05) is 19.7 Å². The number of aliphatic hydroxyl groups excluding tert-OH is 1. The van der Waals surface area contributed by atoms with E-state index in [0.717, 1.165) is 41.4 Å². The van der Waals surface area contributed by atoms with E-state index >= 15 is 0 Å². The van der Waals surface area contributed by atoms with Crippen molar-refractivity contribution in [3.05, 3.63) is 65.9 Å². The summed E-state index contributed by atoms with van der Waals surface area (Å²) in [4.78, 5) is 2.25. The number of methoxy groups -OCH3 is 1. The maximum absolute atomic E-state index is 10.5. The molecule has 1 aromatic heterocycles. The average Bonchev–Trinajstić information content (AvgIpc) is 3.21. The Labute approximate surface area is 209 Å². The number of rotatable bonds is 14. The van der Waals surface area contributed by atoms with E-state index in [2.05, 4.69) is 25.7 Å². The number of aliphatic hydroxyl groups is 1. The molecule has 0 aliphatic carbocycles. The number of benzene rings is 2. The summed E-state index contributed by atoms with van der Waals surface area (Å²) in [6, 6.07) is 17.6. The summed E-state index contributed by atoms with van der Waals surface area (Å²) in [5, 5.41) is 15.6. The molecule has 0 amide bonds. The Hall–Kier alpha value is -2.87. The van der Waals surface area contributed by atoms with Gasteiger partial charge in [0.05, 0.1) is 36.8 Å². The number of ether oxygens (including phenoxy) is 3. The van der Waals surface area contributed by atoms with E-state index < -0.39 is 6.10 Å². The minimum atomic E-state index is -0.556. The van der Waals surface area contributed by atoms with E-state index in [1.807, 2.05) is 66.2 Å². The Morgan fingerprint density at radius 1 is 1.00 bits per heavy atom. The van der Waals surface area contributed by atoms with Gasteiger partial charge in [-0.05, 0) is 62.2 Å². The van der Waals surface area contributed by atoms with Crippen molar-refractivity contribution >= 4 is 0 Å². The summed E-state index contributed by atoms with van der Waals surface area (Å²) in [5.41, 5.74) is 2.90. The molecule has 0 unspecified atom stereocenters. The molecule has 0 saturated carbocycles. The lowest BCUT2D eigenvalue weighted by atomic mass is 10.1. The van der Waals surface area contributed by atoms with Crippen LogP contribution in [-0.2, 0) is 11.3 Å². The Kier molecular flexibility index (Phi) is 10.1. The molecule has 0 radical (unpaired) electrons. The smallest absolute Gasteiger partial charge is 0.227 e. The molecular formula is C28H39N3O4. The molecule has 0 spiro atoms. The van der Waals surface area contributed by atoms with Gasteiger partial charge >= 0.3 is 0 Å². The third-order valence-electron chi connectivity index (χ3n) is 5.69. The minimum Gasteiger partial charge on any atom is -0.497 e. The molecule has 0 aliphatic heterocycles. The number of hydrogen-bond donors (Lipinski definition) is 1. The van der Waals surface area contributed by atoms with Crippen molar-refractivity contribution in [3.63, 3.8) is 0 Å². The predicted molar refractivity (Wildman–Crippen MR) is 139 cm³/mol. The number of nitrogens with zero attached hydrogens (tertiary/aromatic N) is 3. The lowest BCUT2D eigenvalue weighted by Crippen LogP contribution is -2.35. The van der Waals surface area contributed by atoms with Crippen molar-refractivity contribution < 1.29 is 19.3 Å². The van der Waals surface area contributed by atoms with Gasteiger partial charge in [-0.1, -0.05) is 39.0 Å². The zero-order valence-corrected chi connectivity index (χ0v) is 21.6. The lowest BCUT2D eigenvalue weighted by Gasteiger charge is -2.25. The van der Waals surface area contributed by atoms with Gasteiger partial charge in [-0.15, -0.1) is 0 Å². The Bertz CT molecular complexity index is 1020. The van der Waals surface area contributed by atoms with Gasteiger partial charge in [0.25, 0.3) is 0 Å². The molecule has 35 heavy (non-hydrogen) atoms. The molecule has 1 atom stereocenters. The molecular weight excluding hydrogens is 442 g/mol. The van der Waals surface area contributed by atoms with Gasteiger partial charge in [0.15, 0.2) is 0 Å². The predicted octanol–water partition coefficient (Wildman–Crippen LogP) is 5.41. The van der Waals surface area contributed by atoms with Crippen molar-refractivity contribution in [2.24, 2.45) is 0 Å². The first-order chi connectivity index (χ1) is 17.0. The van der Waals surface area contributed by atoms with Crippen molar-refractivity contribution in [2.45, 2.75) is 52.7 Å². The number of aromatic nitrogens is 2. The normalized spacial score (nSPS) is 12.3. The van der Waals surface area contributed by atoms with E-state index in [0.29, 0.717) is 32.2 Å².